The van der Waals surface area contributed by atoms with Crippen LogP contribution in [0.4, 0.5) is 4.39 Å². The van der Waals surface area contributed by atoms with E-state index in [0.717, 1.165) is 18.5 Å². The Morgan fingerprint density at radius 1 is 1.09 bits per heavy atom. The van der Waals surface area contributed by atoms with Gasteiger partial charge in [0.25, 0.3) is 5.56 Å². The van der Waals surface area contributed by atoms with E-state index in [1.807, 2.05) is 0 Å². The van der Waals surface area contributed by atoms with Crippen molar-refractivity contribution in [2.75, 3.05) is 0 Å². The molecule has 2 N–H and O–H groups in total. The van der Waals surface area contributed by atoms with E-state index in [-0.39, 0.29) is 11.4 Å². The second-order valence-corrected chi connectivity index (χ2v) is 5.74. The van der Waals surface area contributed by atoms with E-state index in [2.05, 4.69) is 20.2 Å². The van der Waals surface area contributed by atoms with Crippen LogP contribution in [0.1, 0.15) is 37.3 Å². The van der Waals surface area contributed by atoms with E-state index in [1.165, 1.54) is 25.0 Å². The standard InChI is InChI=1S/C16H15FN4O/c17-11-7-5-10(6-8-11)15-18-13-12(9-3-1-2-4-9)20-21-14(13)16(22)19-15/h5-9H,1-4H2,(H,20,21)(H,18,19,22). The molecule has 0 spiro atoms. The monoisotopic (exact) mass is 298 g/mol. The van der Waals surface area contributed by atoms with Crippen molar-refractivity contribution in [3.05, 3.63) is 46.1 Å². The van der Waals surface area contributed by atoms with Gasteiger partial charge < -0.3 is 4.98 Å². The summed E-state index contributed by atoms with van der Waals surface area (Å²) in [6.07, 6.45) is 4.58. The number of hydrogen-bond donors (Lipinski definition) is 2. The molecular weight excluding hydrogens is 283 g/mol. The molecule has 0 radical (unpaired) electrons. The smallest absolute Gasteiger partial charge is 0.279 e. The lowest BCUT2D eigenvalue weighted by atomic mass is 10.0. The zero-order valence-electron chi connectivity index (χ0n) is 11.9. The summed E-state index contributed by atoms with van der Waals surface area (Å²) in [6.45, 7) is 0. The fraction of sp³-hybridized carbons (Fsp3) is 0.312. The van der Waals surface area contributed by atoms with E-state index in [0.29, 0.717) is 28.3 Å². The zero-order valence-corrected chi connectivity index (χ0v) is 11.9. The van der Waals surface area contributed by atoms with Crippen molar-refractivity contribution < 1.29 is 4.39 Å². The second kappa shape index (κ2) is 5.05. The lowest BCUT2D eigenvalue weighted by Gasteiger charge is -2.06. The number of fused-ring (bicyclic) bond motifs is 1. The number of aromatic nitrogens is 4. The highest BCUT2D eigenvalue weighted by atomic mass is 19.1. The van der Waals surface area contributed by atoms with Crippen molar-refractivity contribution in [1.82, 2.24) is 20.2 Å². The summed E-state index contributed by atoms with van der Waals surface area (Å²) >= 11 is 0. The summed E-state index contributed by atoms with van der Waals surface area (Å²) in [7, 11) is 0. The summed E-state index contributed by atoms with van der Waals surface area (Å²) in [5, 5.41) is 7.11. The molecule has 1 aromatic carbocycles. The van der Waals surface area contributed by atoms with Crippen LogP contribution >= 0.6 is 0 Å². The summed E-state index contributed by atoms with van der Waals surface area (Å²) < 4.78 is 13.0. The maximum atomic E-state index is 13.0. The molecule has 0 atom stereocenters. The highest BCUT2D eigenvalue weighted by Gasteiger charge is 2.23. The SMILES string of the molecule is O=c1[nH]c(-c2ccc(F)cc2)nc2c(C3CCCC3)[nH]nc12. The van der Waals surface area contributed by atoms with Gasteiger partial charge in [-0.3, -0.25) is 9.89 Å². The van der Waals surface area contributed by atoms with E-state index in [9.17, 15) is 9.18 Å². The van der Waals surface area contributed by atoms with Gasteiger partial charge in [-0.1, -0.05) is 12.8 Å². The lowest BCUT2D eigenvalue weighted by Crippen LogP contribution is -2.10. The molecule has 1 aliphatic carbocycles. The van der Waals surface area contributed by atoms with E-state index < -0.39 is 0 Å². The molecule has 0 unspecified atom stereocenters. The van der Waals surface area contributed by atoms with Crippen molar-refractivity contribution in [1.29, 1.82) is 0 Å². The molecule has 0 saturated heterocycles. The topological polar surface area (TPSA) is 74.4 Å². The molecular formula is C16H15FN4O. The summed E-state index contributed by atoms with van der Waals surface area (Å²) in [5.74, 6) is 0.514. The fourth-order valence-corrected chi connectivity index (χ4v) is 3.17. The molecule has 1 fully saturated rings. The Labute approximate surface area is 125 Å². The van der Waals surface area contributed by atoms with Crippen LogP contribution in [0, 0.1) is 5.82 Å². The fourth-order valence-electron chi connectivity index (χ4n) is 3.17. The molecule has 0 bridgehead atoms. The number of hydrogen-bond acceptors (Lipinski definition) is 3. The molecule has 4 rings (SSSR count). The molecule has 22 heavy (non-hydrogen) atoms. The Morgan fingerprint density at radius 2 is 1.82 bits per heavy atom. The third kappa shape index (κ3) is 2.11. The first-order chi connectivity index (χ1) is 10.7. The molecule has 0 aliphatic heterocycles. The Morgan fingerprint density at radius 3 is 2.55 bits per heavy atom. The van der Waals surface area contributed by atoms with Gasteiger partial charge in [0.1, 0.15) is 17.2 Å². The van der Waals surface area contributed by atoms with Gasteiger partial charge in [-0.05, 0) is 37.1 Å². The van der Waals surface area contributed by atoms with Crippen molar-refractivity contribution >= 4 is 11.0 Å². The molecule has 6 heteroatoms. The van der Waals surface area contributed by atoms with E-state index in [1.54, 1.807) is 12.1 Å². The number of nitrogens with zero attached hydrogens (tertiary/aromatic N) is 2. The Hall–Kier alpha value is -2.50. The molecule has 5 nitrogen and oxygen atoms in total. The Bertz CT molecular complexity index is 875. The number of nitrogens with one attached hydrogen (secondary N) is 2. The van der Waals surface area contributed by atoms with Gasteiger partial charge >= 0.3 is 0 Å². The Balaban J connectivity index is 1.88. The molecule has 0 amide bonds. The van der Waals surface area contributed by atoms with Crippen LogP contribution in [0.25, 0.3) is 22.4 Å². The van der Waals surface area contributed by atoms with Gasteiger partial charge in [0, 0.05) is 11.5 Å². The molecule has 112 valence electrons. The average molecular weight is 298 g/mol. The van der Waals surface area contributed by atoms with E-state index in [4.69, 9.17) is 0 Å². The number of H-pyrrole nitrogens is 2. The van der Waals surface area contributed by atoms with Crippen LogP contribution in [0.15, 0.2) is 29.1 Å². The predicted molar refractivity (Wildman–Crippen MR) is 81.1 cm³/mol. The van der Waals surface area contributed by atoms with E-state index >= 15 is 0 Å². The first-order valence-electron chi connectivity index (χ1n) is 7.46. The number of rotatable bonds is 2. The van der Waals surface area contributed by atoms with Gasteiger partial charge in [0.2, 0.25) is 0 Å². The predicted octanol–water partition coefficient (Wildman–Crippen LogP) is 3.11. The molecule has 2 aromatic heterocycles. The summed E-state index contributed by atoms with van der Waals surface area (Å²) in [6, 6.07) is 5.92. The van der Waals surface area contributed by atoms with Crippen molar-refractivity contribution in [3.8, 4) is 11.4 Å². The van der Waals surface area contributed by atoms with Crippen LogP contribution in [0.5, 0.6) is 0 Å². The third-order valence-corrected chi connectivity index (χ3v) is 4.32. The van der Waals surface area contributed by atoms with Gasteiger partial charge in [-0.15, -0.1) is 0 Å². The van der Waals surface area contributed by atoms with Crippen LogP contribution in [0.3, 0.4) is 0 Å². The minimum Gasteiger partial charge on any atom is -0.305 e. The second-order valence-electron chi connectivity index (χ2n) is 5.74. The number of benzene rings is 1. The van der Waals surface area contributed by atoms with Gasteiger partial charge in [-0.25, -0.2) is 9.37 Å². The Kier molecular flexibility index (Phi) is 3.03. The lowest BCUT2D eigenvalue weighted by molar-refractivity contribution is 0.628. The summed E-state index contributed by atoms with van der Waals surface area (Å²) in [4.78, 5) is 19.5. The van der Waals surface area contributed by atoms with Crippen molar-refractivity contribution in [3.63, 3.8) is 0 Å². The molecule has 1 saturated carbocycles. The van der Waals surface area contributed by atoms with Crippen molar-refractivity contribution in [2.45, 2.75) is 31.6 Å². The third-order valence-electron chi connectivity index (χ3n) is 4.32. The summed E-state index contributed by atoms with van der Waals surface area (Å²) in [5.41, 5.74) is 2.33. The highest BCUT2D eigenvalue weighted by molar-refractivity contribution is 5.78. The van der Waals surface area contributed by atoms with Gasteiger partial charge in [0.15, 0.2) is 5.52 Å². The van der Waals surface area contributed by atoms with Gasteiger partial charge in [-0.2, -0.15) is 5.10 Å². The number of aromatic amines is 2. The number of halogens is 1. The molecule has 1 aliphatic rings. The highest BCUT2D eigenvalue weighted by Crippen LogP contribution is 2.35. The largest absolute Gasteiger partial charge is 0.305 e. The molecule has 3 aromatic rings. The van der Waals surface area contributed by atoms with Crippen molar-refractivity contribution in [2.24, 2.45) is 0 Å². The molecule has 2 heterocycles. The first kappa shape index (κ1) is 13.2. The quantitative estimate of drug-likeness (QED) is 0.763. The maximum Gasteiger partial charge on any atom is 0.279 e. The minimum absolute atomic E-state index is 0.273. The van der Waals surface area contributed by atoms with Gasteiger partial charge in [0.05, 0.1) is 5.69 Å². The van der Waals surface area contributed by atoms with Crippen LogP contribution in [0.2, 0.25) is 0 Å². The van der Waals surface area contributed by atoms with Crippen LogP contribution < -0.4 is 5.56 Å². The van der Waals surface area contributed by atoms with Crippen LogP contribution in [-0.2, 0) is 0 Å². The first-order valence-corrected chi connectivity index (χ1v) is 7.46. The maximum absolute atomic E-state index is 13.0. The van der Waals surface area contributed by atoms with Crippen LogP contribution in [-0.4, -0.2) is 20.2 Å². The average Bonchev–Trinajstić information content (AvgIpc) is 3.16. The zero-order chi connectivity index (χ0) is 15.1. The normalized spacial score (nSPS) is 15.7. The minimum atomic E-state index is -0.317.